The van der Waals surface area contributed by atoms with E-state index < -0.39 is 0 Å². The Labute approximate surface area is 43.0 Å². The van der Waals surface area contributed by atoms with Gasteiger partial charge in [0.2, 0.25) is 0 Å². The van der Waals surface area contributed by atoms with Crippen molar-refractivity contribution in [3.05, 3.63) is 0 Å². The van der Waals surface area contributed by atoms with Crippen molar-refractivity contribution in [3.63, 3.8) is 0 Å². The van der Waals surface area contributed by atoms with Gasteiger partial charge in [-0.15, -0.1) is 0 Å². The van der Waals surface area contributed by atoms with Gasteiger partial charge in [-0.05, 0) is 6.92 Å². The van der Waals surface area contributed by atoms with Crippen molar-refractivity contribution in [2.45, 2.75) is 13.0 Å². The minimum Gasteiger partial charge on any atom is -0.392 e. The largest absolute Gasteiger partial charge is 0.392 e. The lowest BCUT2D eigenvalue weighted by atomic mass is 10.4. The Hall–Kier alpha value is -0.120. The second-order valence-corrected chi connectivity index (χ2v) is 1.46. The van der Waals surface area contributed by atoms with Crippen molar-refractivity contribution < 1.29 is 10.2 Å². The zero-order valence-corrected chi connectivity index (χ0v) is 4.39. The summed E-state index contributed by atoms with van der Waals surface area (Å²) in [5, 5.41) is 19.2. The van der Waals surface area contributed by atoms with Crippen LogP contribution in [-0.2, 0) is 0 Å². The molecule has 0 amide bonds. The van der Waals surface area contributed by atoms with Crippen molar-refractivity contribution in [2.24, 2.45) is 0 Å². The Morgan fingerprint density at radius 1 is 1.71 bits per heavy atom. The minimum absolute atomic E-state index is 0.0646. The first-order valence-electron chi connectivity index (χ1n) is 2.27. The van der Waals surface area contributed by atoms with Gasteiger partial charge >= 0.3 is 0 Å². The molecule has 0 heterocycles. The lowest BCUT2D eigenvalue weighted by Crippen LogP contribution is -2.24. The van der Waals surface area contributed by atoms with Gasteiger partial charge < -0.3 is 10.2 Å². The molecule has 0 aliphatic heterocycles. The molecule has 0 aliphatic rings. The predicted molar refractivity (Wildman–Crippen MR) is 26.8 cm³/mol. The lowest BCUT2D eigenvalue weighted by Gasteiger charge is -2.00. The van der Waals surface area contributed by atoms with Crippen LogP contribution in [0.25, 0.3) is 0 Å². The van der Waals surface area contributed by atoms with Crippen LogP contribution in [0.4, 0.5) is 0 Å². The molecule has 0 saturated heterocycles. The van der Waals surface area contributed by atoms with E-state index in [4.69, 9.17) is 10.2 Å². The van der Waals surface area contributed by atoms with Crippen LogP contribution < -0.4 is 5.32 Å². The highest BCUT2D eigenvalue weighted by Crippen LogP contribution is 1.70. The van der Waals surface area contributed by atoms with Crippen LogP contribution >= 0.6 is 0 Å². The zero-order valence-electron chi connectivity index (χ0n) is 4.39. The molecule has 3 nitrogen and oxygen atoms in total. The van der Waals surface area contributed by atoms with Crippen molar-refractivity contribution in [1.82, 2.24) is 5.32 Å². The highest BCUT2D eigenvalue weighted by atomic mass is 16.3. The van der Waals surface area contributed by atoms with E-state index in [1.807, 2.05) is 0 Å². The molecule has 7 heavy (non-hydrogen) atoms. The van der Waals surface area contributed by atoms with Gasteiger partial charge in [-0.25, -0.2) is 0 Å². The number of nitrogens with one attached hydrogen (secondary N) is 1. The van der Waals surface area contributed by atoms with Crippen molar-refractivity contribution in [3.8, 4) is 0 Å². The van der Waals surface area contributed by atoms with Gasteiger partial charge in [0, 0.05) is 6.54 Å². The fraction of sp³-hybridized carbons (Fsp3) is 1.00. The van der Waals surface area contributed by atoms with Crippen LogP contribution in [-0.4, -0.2) is 29.6 Å². The molecule has 0 aromatic carbocycles. The first-order valence-corrected chi connectivity index (χ1v) is 2.27. The summed E-state index contributed by atoms with van der Waals surface area (Å²) in [5.74, 6) is 0. The summed E-state index contributed by atoms with van der Waals surface area (Å²) in [5.41, 5.74) is 0. The summed E-state index contributed by atoms with van der Waals surface area (Å²) >= 11 is 0. The fourth-order valence-corrected chi connectivity index (χ4v) is 0.273. The number of hydrogen-bond donors (Lipinski definition) is 3. The summed E-state index contributed by atoms with van der Waals surface area (Å²) in [7, 11) is 0. The summed E-state index contributed by atoms with van der Waals surface area (Å²) in [6.07, 6.45) is -0.368. The molecule has 1 atom stereocenters. The van der Waals surface area contributed by atoms with E-state index in [1.54, 1.807) is 6.92 Å². The number of hydrogen-bond acceptors (Lipinski definition) is 3. The summed E-state index contributed by atoms with van der Waals surface area (Å²) < 4.78 is 0. The Morgan fingerprint density at radius 2 is 2.29 bits per heavy atom. The second kappa shape index (κ2) is 4.05. The second-order valence-electron chi connectivity index (χ2n) is 1.46. The average molecular weight is 105 g/mol. The van der Waals surface area contributed by atoms with E-state index in [2.05, 4.69) is 5.32 Å². The fourth-order valence-electron chi connectivity index (χ4n) is 0.273. The van der Waals surface area contributed by atoms with Crippen molar-refractivity contribution in [2.75, 3.05) is 13.3 Å². The summed E-state index contributed by atoms with van der Waals surface area (Å²) in [6.45, 7) is 2.05. The monoisotopic (exact) mass is 105 g/mol. The molecule has 0 fully saturated rings. The maximum absolute atomic E-state index is 8.51. The molecule has 3 N–H and O–H groups in total. The smallest absolute Gasteiger partial charge is 0.0932 e. The molecule has 0 saturated carbocycles. The Bertz CT molecular complexity index is 38.7. The van der Waals surface area contributed by atoms with E-state index in [-0.39, 0.29) is 12.8 Å². The molecule has 0 bridgehead atoms. The topological polar surface area (TPSA) is 52.5 Å². The molecule has 0 unspecified atom stereocenters. The summed E-state index contributed by atoms with van der Waals surface area (Å²) in [6, 6.07) is 0. The molecule has 0 aromatic heterocycles. The minimum atomic E-state index is -0.368. The lowest BCUT2D eigenvalue weighted by molar-refractivity contribution is 0.169. The number of aliphatic hydroxyl groups is 2. The predicted octanol–water partition coefficient (Wildman–Crippen LogP) is -1.09. The van der Waals surface area contributed by atoms with Crippen LogP contribution in [0.2, 0.25) is 0 Å². The molecular weight excluding hydrogens is 94.0 g/mol. The van der Waals surface area contributed by atoms with E-state index in [9.17, 15) is 0 Å². The van der Waals surface area contributed by atoms with Gasteiger partial charge in [-0.3, -0.25) is 5.32 Å². The SMILES string of the molecule is C[C@@H](O)CNCO. The summed E-state index contributed by atoms with van der Waals surface area (Å²) in [4.78, 5) is 0. The maximum atomic E-state index is 8.51. The quantitative estimate of drug-likeness (QED) is 0.400. The van der Waals surface area contributed by atoms with E-state index in [1.165, 1.54) is 0 Å². The first-order chi connectivity index (χ1) is 3.27. The van der Waals surface area contributed by atoms with E-state index in [0.717, 1.165) is 0 Å². The van der Waals surface area contributed by atoms with Gasteiger partial charge in [-0.2, -0.15) is 0 Å². The molecule has 44 valence electrons. The zero-order chi connectivity index (χ0) is 5.70. The third kappa shape index (κ3) is 5.88. The number of aliphatic hydroxyl groups excluding tert-OH is 2. The van der Waals surface area contributed by atoms with Crippen LogP contribution in [0.1, 0.15) is 6.92 Å². The van der Waals surface area contributed by atoms with Gasteiger partial charge in [-0.1, -0.05) is 0 Å². The molecule has 0 radical (unpaired) electrons. The first kappa shape index (κ1) is 6.88. The molecular formula is C4H11NO2. The van der Waals surface area contributed by atoms with Gasteiger partial charge in [0.1, 0.15) is 0 Å². The third-order valence-corrected chi connectivity index (χ3v) is 0.552. The van der Waals surface area contributed by atoms with E-state index in [0.29, 0.717) is 6.54 Å². The molecule has 0 aromatic rings. The molecule has 0 spiro atoms. The molecule has 0 rings (SSSR count). The van der Waals surface area contributed by atoms with Crippen LogP contribution in [0.15, 0.2) is 0 Å². The molecule has 0 aliphatic carbocycles. The Kier molecular flexibility index (Phi) is 3.98. The van der Waals surface area contributed by atoms with Crippen molar-refractivity contribution in [1.29, 1.82) is 0 Å². The Balaban J connectivity index is 2.68. The van der Waals surface area contributed by atoms with Gasteiger partial charge in [0.25, 0.3) is 0 Å². The third-order valence-electron chi connectivity index (χ3n) is 0.552. The van der Waals surface area contributed by atoms with Crippen LogP contribution in [0, 0.1) is 0 Å². The van der Waals surface area contributed by atoms with Gasteiger partial charge in [0.15, 0.2) is 0 Å². The van der Waals surface area contributed by atoms with Crippen LogP contribution in [0.3, 0.4) is 0 Å². The normalized spacial score (nSPS) is 14.1. The average Bonchev–Trinajstić information content (AvgIpc) is 1.61. The van der Waals surface area contributed by atoms with E-state index >= 15 is 0 Å². The molecule has 3 heteroatoms. The highest BCUT2D eigenvalue weighted by Gasteiger charge is 1.89. The number of rotatable bonds is 3. The standard InChI is InChI=1S/C4H11NO2/c1-4(7)2-5-3-6/h4-7H,2-3H2,1H3/t4-/m1/s1. The van der Waals surface area contributed by atoms with Crippen LogP contribution in [0.5, 0.6) is 0 Å². The Morgan fingerprint density at radius 3 is 2.43 bits per heavy atom. The highest BCUT2D eigenvalue weighted by molar-refractivity contribution is 4.46. The van der Waals surface area contributed by atoms with Crippen molar-refractivity contribution >= 4 is 0 Å². The van der Waals surface area contributed by atoms with Gasteiger partial charge in [0.05, 0.1) is 12.8 Å². The maximum Gasteiger partial charge on any atom is 0.0932 e.